The SMILES string of the molecule is CCOC(=O)NNc1ccc(-c2cccc(N)c2)cc1. The molecule has 5 heteroatoms. The predicted octanol–water partition coefficient (Wildman–Crippen LogP) is 3.01. The second-order valence-corrected chi connectivity index (χ2v) is 4.17. The molecule has 0 radical (unpaired) electrons. The van der Waals surface area contributed by atoms with Gasteiger partial charge in [0.2, 0.25) is 0 Å². The van der Waals surface area contributed by atoms with Gasteiger partial charge in [-0.2, -0.15) is 0 Å². The van der Waals surface area contributed by atoms with Crippen molar-refractivity contribution in [2.75, 3.05) is 17.8 Å². The minimum atomic E-state index is -0.507. The molecule has 0 spiro atoms. The molecule has 2 aromatic carbocycles. The van der Waals surface area contributed by atoms with E-state index in [-0.39, 0.29) is 0 Å². The highest BCUT2D eigenvalue weighted by atomic mass is 16.5. The lowest BCUT2D eigenvalue weighted by molar-refractivity contribution is 0.154. The van der Waals surface area contributed by atoms with Crippen LogP contribution in [0.15, 0.2) is 48.5 Å². The van der Waals surface area contributed by atoms with Crippen LogP contribution in [0.4, 0.5) is 16.2 Å². The van der Waals surface area contributed by atoms with Crippen LogP contribution in [0.25, 0.3) is 11.1 Å². The average Bonchev–Trinajstić information content (AvgIpc) is 2.46. The van der Waals surface area contributed by atoms with Crippen LogP contribution < -0.4 is 16.6 Å². The summed E-state index contributed by atoms with van der Waals surface area (Å²) in [5.74, 6) is 0. The number of nitrogen functional groups attached to an aromatic ring is 1. The zero-order chi connectivity index (χ0) is 14.4. The number of anilines is 2. The van der Waals surface area contributed by atoms with Crippen LogP contribution in [0.2, 0.25) is 0 Å². The second-order valence-electron chi connectivity index (χ2n) is 4.17. The first-order valence-electron chi connectivity index (χ1n) is 6.34. The molecule has 0 unspecified atom stereocenters. The Kier molecular flexibility index (Phi) is 4.44. The summed E-state index contributed by atoms with van der Waals surface area (Å²) in [7, 11) is 0. The van der Waals surface area contributed by atoms with Crippen molar-refractivity contribution in [1.29, 1.82) is 0 Å². The summed E-state index contributed by atoms with van der Waals surface area (Å²) in [5, 5.41) is 0. The monoisotopic (exact) mass is 271 g/mol. The predicted molar refractivity (Wildman–Crippen MR) is 80.1 cm³/mol. The third-order valence-corrected chi connectivity index (χ3v) is 2.69. The van der Waals surface area contributed by atoms with E-state index in [0.717, 1.165) is 22.5 Å². The van der Waals surface area contributed by atoms with Crippen LogP contribution in [-0.4, -0.2) is 12.7 Å². The molecule has 0 fully saturated rings. The molecule has 4 N–H and O–H groups in total. The third-order valence-electron chi connectivity index (χ3n) is 2.69. The van der Waals surface area contributed by atoms with Gasteiger partial charge in [-0.05, 0) is 42.3 Å². The van der Waals surface area contributed by atoms with Crippen molar-refractivity contribution in [3.05, 3.63) is 48.5 Å². The lowest BCUT2D eigenvalue weighted by Crippen LogP contribution is -2.29. The number of amides is 1. The van der Waals surface area contributed by atoms with E-state index in [4.69, 9.17) is 10.5 Å². The highest BCUT2D eigenvalue weighted by Crippen LogP contribution is 2.22. The van der Waals surface area contributed by atoms with Gasteiger partial charge >= 0.3 is 6.09 Å². The van der Waals surface area contributed by atoms with Crippen LogP contribution in [0, 0.1) is 0 Å². The number of nitrogens with one attached hydrogen (secondary N) is 2. The maximum absolute atomic E-state index is 11.1. The van der Waals surface area contributed by atoms with Crippen LogP contribution in [0.3, 0.4) is 0 Å². The number of rotatable bonds is 4. The number of carbonyl (C=O) groups excluding carboxylic acids is 1. The minimum Gasteiger partial charge on any atom is -0.449 e. The number of hydrogen-bond acceptors (Lipinski definition) is 4. The van der Waals surface area contributed by atoms with Crippen molar-refractivity contribution >= 4 is 17.5 Å². The molecule has 1 amide bonds. The molecule has 0 aliphatic carbocycles. The Bertz CT molecular complexity index is 582. The Morgan fingerprint density at radius 2 is 1.90 bits per heavy atom. The van der Waals surface area contributed by atoms with Gasteiger partial charge in [0, 0.05) is 5.69 Å². The van der Waals surface area contributed by atoms with Crippen LogP contribution in [0.5, 0.6) is 0 Å². The van der Waals surface area contributed by atoms with Crippen molar-refractivity contribution in [2.45, 2.75) is 6.92 Å². The van der Waals surface area contributed by atoms with Crippen molar-refractivity contribution in [3.8, 4) is 11.1 Å². The fourth-order valence-electron chi connectivity index (χ4n) is 1.75. The Balaban J connectivity index is 2.01. The molecular weight excluding hydrogens is 254 g/mol. The molecule has 2 rings (SSSR count). The third kappa shape index (κ3) is 3.65. The molecular formula is C15H17N3O2. The summed E-state index contributed by atoms with van der Waals surface area (Å²) < 4.78 is 4.74. The van der Waals surface area contributed by atoms with Gasteiger partial charge in [0.25, 0.3) is 0 Å². The molecule has 0 atom stereocenters. The molecule has 104 valence electrons. The lowest BCUT2D eigenvalue weighted by Gasteiger charge is -2.09. The number of hydrazine groups is 1. The van der Waals surface area contributed by atoms with Crippen molar-refractivity contribution in [1.82, 2.24) is 5.43 Å². The fraction of sp³-hybridized carbons (Fsp3) is 0.133. The average molecular weight is 271 g/mol. The summed E-state index contributed by atoms with van der Waals surface area (Å²) in [5.41, 5.74) is 14.6. The smallest absolute Gasteiger partial charge is 0.425 e. The van der Waals surface area contributed by atoms with Gasteiger partial charge in [0.1, 0.15) is 0 Å². The van der Waals surface area contributed by atoms with Gasteiger partial charge in [-0.25, -0.2) is 10.2 Å². The van der Waals surface area contributed by atoms with E-state index in [1.54, 1.807) is 6.92 Å². The standard InChI is InChI=1S/C15H17N3O2/c1-2-20-15(19)18-17-14-8-6-11(7-9-14)12-4-3-5-13(16)10-12/h3-10,17H,2,16H2,1H3,(H,18,19). The Morgan fingerprint density at radius 1 is 1.15 bits per heavy atom. The summed E-state index contributed by atoms with van der Waals surface area (Å²) in [6.45, 7) is 2.09. The van der Waals surface area contributed by atoms with E-state index in [1.807, 2.05) is 48.5 Å². The van der Waals surface area contributed by atoms with Crippen molar-refractivity contribution in [3.63, 3.8) is 0 Å². The Labute approximate surface area is 117 Å². The van der Waals surface area contributed by atoms with Crippen molar-refractivity contribution < 1.29 is 9.53 Å². The topological polar surface area (TPSA) is 76.4 Å². The van der Waals surface area contributed by atoms with Crippen LogP contribution in [-0.2, 0) is 4.74 Å². The summed E-state index contributed by atoms with van der Waals surface area (Å²) >= 11 is 0. The van der Waals surface area contributed by atoms with Crippen LogP contribution >= 0.6 is 0 Å². The second kappa shape index (κ2) is 6.47. The maximum atomic E-state index is 11.1. The minimum absolute atomic E-state index is 0.335. The molecule has 0 heterocycles. The van der Waals surface area contributed by atoms with Gasteiger partial charge in [0.15, 0.2) is 0 Å². The number of carbonyl (C=O) groups is 1. The van der Waals surface area contributed by atoms with E-state index in [0.29, 0.717) is 6.61 Å². The molecule has 0 aromatic heterocycles. The molecule has 0 aliphatic heterocycles. The van der Waals surface area contributed by atoms with E-state index in [9.17, 15) is 4.79 Å². The molecule has 0 aliphatic rings. The lowest BCUT2D eigenvalue weighted by atomic mass is 10.1. The summed E-state index contributed by atoms with van der Waals surface area (Å²) in [4.78, 5) is 11.1. The Morgan fingerprint density at radius 3 is 2.55 bits per heavy atom. The molecule has 2 aromatic rings. The first-order chi connectivity index (χ1) is 9.69. The number of ether oxygens (including phenoxy) is 1. The first kappa shape index (κ1) is 13.7. The quantitative estimate of drug-likeness (QED) is 0.590. The van der Waals surface area contributed by atoms with E-state index in [2.05, 4.69) is 10.9 Å². The van der Waals surface area contributed by atoms with Gasteiger partial charge in [0.05, 0.1) is 12.3 Å². The largest absolute Gasteiger partial charge is 0.449 e. The number of hydrogen-bond donors (Lipinski definition) is 3. The Hall–Kier alpha value is -2.69. The number of benzene rings is 2. The fourth-order valence-corrected chi connectivity index (χ4v) is 1.75. The first-order valence-corrected chi connectivity index (χ1v) is 6.34. The molecule has 0 saturated heterocycles. The van der Waals surface area contributed by atoms with Gasteiger partial charge in [-0.15, -0.1) is 0 Å². The van der Waals surface area contributed by atoms with Crippen molar-refractivity contribution in [2.24, 2.45) is 0 Å². The zero-order valence-corrected chi connectivity index (χ0v) is 11.2. The van der Waals surface area contributed by atoms with Gasteiger partial charge in [-0.1, -0.05) is 24.3 Å². The van der Waals surface area contributed by atoms with Gasteiger partial charge in [-0.3, -0.25) is 5.43 Å². The van der Waals surface area contributed by atoms with Crippen LogP contribution in [0.1, 0.15) is 6.92 Å². The molecule has 0 bridgehead atoms. The summed E-state index contributed by atoms with van der Waals surface area (Å²) in [6, 6.07) is 15.3. The highest BCUT2D eigenvalue weighted by molar-refractivity contribution is 5.71. The van der Waals surface area contributed by atoms with E-state index < -0.39 is 6.09 Å². The highest BCUT2D eigenvalue weighted by Gasteiger charge is 2.01. The van der Waals surface area contributed by atoms with E-state index >= 15 is 0 Å². The molecule has 0 saturated carbocycles. The molecule has 20 heavy (non-hydrogen) atoms. The van der Waals surface area contributed by atoms with Gasteiger partial charge < -0.3 is 10.5 Å². The molecule has 5 nitrogen and oxygen atoms in total. The summed E-state index contributed by atoms with van der Waals surface area (Å²) in [6.07, 6.45) is -0.507. The zero-order valence-electron chi connectivity index (χ0n) is 11.2. The normalized spacial score (nSPS) is 9.85. The van der Waals surface area contributed by atoms with E-state index in [1.165, 1.54) is 0 Å². The maximum Gasteiger partial charge on any atom is 0.425 e. The number of nitrogens with two attached hydrogens (primary N) is 1.